The Hall–Kier alpha value is -1.89. The minimum Gasteiger partial charge on any atom is -0.484 e. The zero-order valence-corrected chi connectivity index (χ0v) is 9.53. The average molecular weight is 260 g/mol. The van der Waals surface area contributed by atoms with Crippen LogP contribution in [0, 0.1) is 0 Å². The van der Waals surface area contributed by atoms with Gasteiger partial charge < -0.3 is 20.9 Å². The molecule has 0 aliphatic carbocycles. The number of nitrogen functional groups attached to an aromatic ring is 1. The molecule has 0 saturated carbocycles. The molecule has 4 N–H and O–H groups in total. The summed E-state index contributed by atoms with van der Waals surface area (Å²) in [6.07, 6.45) is 0. The monoisotopic (exact) mass is 260 g/mol. The third-order valence-electron chi connectivity index (χ3n) is 2.03. The summed E-state index contributed by atoms with van der Waals surface area (Å²) in [5.41, 5.74) is 6.00. The Balaban J connectivity index is 2.31. The lowest BCUT2D eigenvalue weighted by Crippen LogP contribution is -2.40. The van der Waals surface area contributed by atoms with Crippen LogP contribution in [0.25, 0.3) is 0 Å². The van der Waals surface area contributed by atoms with Crippen LogP contribution in [0.15, 0.2) is 24.3 Å². The number of carbonyl (C=O) groups is 1. The Morgan fingerprint density at radius 2 is 2.00 bits per heavy atom. The van der Waals surface area contributed by atoms with E-state index in [0.717, 1.165) is 0 Å². The first-order valence-corrected chi connectivity index (χ1v) is 5.17. The third kappa shape index (κ3) is 4.96. The van der Waals surface area contributed by atoms with Gasteiger partial charge >= 0.3 is 0 Å². The van der Waals surface area contributed by atoms with Crippen molar-refractivity contribution in [3.8, 4) is 5.75 Å². The molecule has 1 aromatic carbocycles. The van der Waals surface area contributed by atoms with Crippen LogP contribution >= 0.6 is 0 Å². The molecule has 0 heterocycles. The Morgan fingerprint density at radius 1 is 1.39 bits per heavy atom. The first-order chi connectivity index (χ1) is 8.43. The number of ether oxygens (including phenoxy) is 1. The summed E-state index contributed by atoms with van der Waals surface area (Å²) in [4.78, 5) is 11.2. The highest BCUT2D eigenvalue weighted by Crippen LogP contribution is 2.13. The molecule has 0 aliphatic rings. The molecule has 0 bridgehead atoms. The SMILES string of the molecule is Nc1ccc(OCC(=O)NCC(F)(F)CO)cc1. The van der Waals surface area contributed by atoms with E-state index in [0.29, 0.717) is 11.4 Å². The number of carbonyl (C=O) groups excluding carboxylic acids is 1. The summed E-state index contributed by atoms with van der Waals surface area (Å²) in [6, 6.07) is 6.30. The van der Waals surface area contributed by atoms with Crippen molar-refractivity contribution in [2.45, 2.75) is 5.92 Å². The molecule has 0 aliphatic heterocycles. The van der Waals surface area contributed by atoms with Crippen LogP contribution in [0.3, 0.4) is 0 Å². The van der Waals surface area contributed by atoms with E-state index in [-0.39, 0.29) is 6.61 Å². The second kappa shape index (κ2) is 6.15. The van der Waals surface area contributed by atoms with Crippen LogP contribution in [-0.4, -0.2) is 36.7 Å². The number of aliphatic hydroxyl groups excluding tert-OH is 1. The minimum atomic E-state index is -3.32. The van der Waals surface area contributed by atoms with Gasteiger partial charge in [0.2, 0.25) is 0 Å². The molecular weight excluding hydrogens is 246 g/mol. The Labute approximate surface area is 103 Å². The number of hydrogen-bond acceptors (Lipinski definition) is 4. The topological polar surface area (TPSA) is 84.6 Å². The fourth-order valence-electron chi connectivity index (χ4n) is 1.05. The van der Waals surface area contributed by atoms with Gasteiger partial charge in [-0.2, -0.15) is 0 Å². The number of alkyl halides is 2. The zero-order chi connectivity index (χ0) is 13.6. The Kier molecular flexibility index (Phi) is 4.85. The summed E-state index contributed by atoms with van der Waals surface area (Å²) in [7, 11) is 0. The van der Waals surface area contributed by atoms with Crippen LogP contribution in [-0.2, 0) is 4.79 Å². The second-order valence-corrected chi connectivity index (χ2v) is 3.65. The summed E-state index contributed by atoms with van der Waals surface area (Å²) in [5.74, 6) is -3.61. The number of amides is 1. The maximum atomic E-state index is 12.6. The normalized spacial score (nSPS) is 11.1. The van der Waals surface area contributed by atoms with E-state index >= 15 is 0 Å². The minimum absolute atomic E-state index is 0.384. The predicted octanol–water partition coefficient (Wildman–Crippen LogP) is 0.391. The number of rotatable bonds is 6. The number of aliphatic hydroxyl groups is 1. The maximum Gasteiger partial charge on any atom is 0.287 e. The van der Waals surface area contributed by atoms with Crippen LogP contribution in [0.1, 0.15) is 0 Å². The van der Waals surface area contributed by atoms with Crippen molar-refractivity contribution in [2.24, 2.45) is 0 Å². The first kappa shape index (κ1) is 14.2. The Bertz CT molecular complexity index is 396. The lowest BCUT2D eigenvalue weighted by molar-refractivity contribution is -0.126. The largest absolute Gasteiger partial charge is 0.484 e. The maximum absolute atomic E-state index is 12.6. The fraction of sp³-hybridized carbons (Fsp3) is 0.364. The summed E-state index contributed by atoms with van der Waals surface area (Å²) < 4.78 is 30.2. The molecule has 100 valence electrons. The Morgan fingerprint density at radius 3 is 2.56 bits per heavy atom. The van der Waals surface area contributed by atoms with E-state index in [1.807, 2.05) is 5.32 Å². The van der Waals surface area contributed by atoms with Crippen LogP contribution in [0.4, 0.5) is 14.5 Å². The van der Waals surface area contributed by atoms with Gasteiger partial charge in [-0.1, -0.05) is 0 Å². The van der Waals surface area contributed by atoms with Gasteiger partial charge in [0.05, 0.1) is 6.54 Å². The van der Waals surface area contributed by atoms with Crippen molar-refractivity contribution in [1.29, 1.82) is 0 Å². The molecule has 18 heavy (non-hydrogen) atoms. The number of hydrogen-bond donors (Lipinski definition) is 3. The molecule has 0 atom stereocenters. The number of anilines is 1. The van der Waals surface area contributed by atoms with Crippen LogP contribution in [0.5, 0.6) is 5.75 Å². The summed E-state index contributed by atoms with van der Waals surface area (Å²) in [5, 5.41) is 10.3. The van der Waals surface area contributed by atoms with Crippen molar-refractivity contribution in [2.75, 3.05) is 25.5 Å². The van der Waals surface area contributed by atoms with Gasteiger partial charge in [0.15, 0.2) is 6.61 Å². The van der Waals surface area contributed by atoms with E-state index in [4.69, 9.17) is 15.6 Å². The molecule has 1 aromatic rings. The molecule has 5 nitrogen and oxygen atoms in total. The van der Waals surface area contributed by atoms with E-state index in [9.17, 15) is 13.6 Å². The van der Waals surface area contributed by atoms with Gasteiger partial charge in [0.25, 0.3) is 11.8 Å². The quantitative estimate of drug-likeness (QED) is 0.646. The number of benzene rings is 1. The van der Waals surface area contributed by atoms with E-state index in [2.05, 4.69) is 0 Å². The van der Waals surface area contributed by atoms with Gasteiger partial charge in [-0.05, 0) is 24.3 Å². The molecule has 0 spiro atoms. The van der Waals surface area contributed by atoms with E-state index in [1.165, 1.54) is 0 Å². The van der Waals surface area contributed by atoms with E-state index in [1.54, 1.807) is 24.3 Å². The number of halogens is 2. The third-order valence-corrected chi connectivity index (χ3v) is 2.03. The van der Waals surface area contributed by atoms with E-state index < -0.39 is 25.0 Å². The van der Waals surface area contributed by atoms with Gasteiger partial charge in [-0.25, -0.2) is 8.78 Å². The predicted molar refractivity (Wildman–Crippen MR) is 61.4 cm³/mol. The van der Waals surface area contributed by atoms with Gasteiger partial charge in [-0.3, -0.25) is 4.79 Å². The summed E-state index contributed by atoms with van der Waals surface area (Å²) in [6.45, 7) is -2.62. The lowest BCUT2D eigenvalue weighted by atomic mass is 10.3. The molecule has 7 heteroatoms. The molecule has 0 aromatic heterocycles. The smallest absolute Gasteiger partial charge is 0.287 e. The highest BCUT2D eigenvalue weighted by atomic mass is 19.3. The fourth-order valence-corrected chi connectivity index (χ4v) is 1.05. The highest BCUT2D eigenvalue weighted by molar-refractivity contribution is 5.77. The first-order valence-electron chi connectivity index (χ1n) is 5.17. The molecule has 0 radical (unpaired) electrons. The number of nitrogens with one attached hydrogen (secondary N) is 1. The van der Waals surface area contributed by atoms with Gasteiger partial charge in [0.1, 0.15) is 12.4 Å². The highest BCUT2D eigenvalue weighted by Gasteiger charge is 2.28. The standard InChI is InChI=1S/C11H14F2N2O3/c12-11(13,7-16)6-15-10(17)5-18-9-3-1-8(14)2-4-9/h1-4,16H,5-7,14H2,(H,15,17). The molecule has 0 saturated heterocycles. The lowest BCUT2D eigenvalue weighted by Gasteiger charge is -2.14. The van der Waals surface area contributed by atoms with Crippen molar-refractivity contribution in [1.82, 2.24) is 5.32 Å². The average Bonchev–Trinajstić information content (AvgIpc) is 2.36. The molecule has 0 fully saturated rings. The van der Waals surface area contributed by atoms with Crippen LogP contribution < -0.4 is 15.8 Å². The van der Waals surface area contributed by atoms with Gasteiger partial charge in [-0.15, -0.1) is 0 Å². The summed E-state index contributed by atoms with van der Waals surface area (Å²) >= 11 is 0. The molecule has 1 rings (SSSR count). The zero-order valence-electron chi connectivity index (χ0n) is 9.53. The van der Waals surface area contributed by atoms with Crippen molar-refractivity contribution in [3.05, 3.63) is 24.3 Å². The van der Waals surface area contributed by atoms with Crippen LogP contribution in [0.2, 0.25) is 0 Å². The van der Waals surface area contributed by atoms with Crippen molar-refractivity contribution >= 4 is 11.6 Å². The second-order valence-electron chi connectivity index (χ2n) is 3.65. The molecule has 0 unspecified atom stereocenters. The molecular formula is C11H14F2N2O3. The van der Waals surface area contributed by atoms with Crippen molar-refractivity contribution < 1.29 is 23.4 Å². The molecule has 1 amide bonds. The van der Waals surface area contributed by atoms with Gasteiger partial charge in [0, 0.05) is 5.69 Å². The number of nitrogens with two attached hydrogens (primary N) is 1. The van der Waals surface area contributed by atoms with Crippen molar-refractivity contribution in [3.63, 3.8) is 0 Å².